The van der Waals surface area contributed by atoms with Crippen molar-refractivity contribution in [1.82, 2.24) is 9.97 Å². The van der Waals surface area contributed by atoms with Crippen LogP contribution in [0.5, 0.6) is 0 Å². The van der Waals surface area contributed by atoms with Gasteiger partial charge in [0.15, 0.2) is 0 Å². The van der Waals surface area contributed by atoms with E-state index in [-0.39, 0.29) is 18.1 Å². The molecule has 4 nitrogen and oxygen atoms in total. The van der Waals surface area contributed by atoms with Crippen LogP contribution in [-0.4, -0.2) is 9.97 Å². The van der Waals surface area contributed by atoms with E-state index in [1.54, 1.807) is 0 Å². The van der Waals surface area contributed by atoms with Gasteiger partial charge in [0.2, 0.25) is 5.95 Å². The van der Waals surface area contributed by atoms with Gasteiger partial charge < -0.3 is 5.32 Å². The van der Waals surface area contributed by atoms with Gasteiger partial charge in [-0.3, -0.25) is 9.78 Å². The Morgan fingerprint density at radius 1 is 1.00 bits per heavy atom. The lowest BCUT2D eigenvalue weighted by molar-refractivity contribution is 0.580. The van der Waals surface area contributed by atoms with Crippen LogP contribution in [0.2, 0.25) is 0 Å². The second kappa shape index (κ2) is 6.39. The van der Waals surface area contributed by atoms with Crippen LogP contribution in [-0.2, 0) is 6.54 Å². The summed E-state index contributed by atoms with van der Waals surface area (Å²) < 4.78 is 26.3. The number of H-pyrrole nitrogens is 1. The normalized spacial score (nSPS) is 10.5. The molecule has 0 unspecified atom stereocenters. The number of nitrogens with zero attached hydrogens (tertiary/aromatic N) is 1. The van der Waals surface area contributed by atoms with E-state index in [1.807, 2.05) is 30.3 Å². The monoisotopic (exact) mass is 313 g/mol. The van der Waals surface area contributed by atoms with Gasteiger partial charge in [0, 0.05) is 24.2 Å². The van der Waals surface area contributed by atoms with Crippen molar-refractivity contribution in [2.24, 2.45) is 0 Å². The molecular weight excluding hydrogens is 300 g/mol. The van der Waals surface area contributed by atoms with E-state index >= 15 is 0 Å². The topological polar surface area (TPSA) is 57.8 Å². The van der Waals surface area contributed by atoms with Gasteiger partial charge in [0.05, 0.1) is 5.69 Å². The first-order valence-corrected chi connectivity index (χ1v) is 6.96. The lowest BCUT2D eigenvalue weighted by Crippen LogP contribution is -2.12. The molecular formula is C17H13F2N3O. The van der Waals surface area contributed by atoms with Crippen LogP contribution in [0.4, 0.5) is 14.7 Å². The molecule has 3 rings (SSSR count). The van der Waals surface area contributed by atoms with Crippen LogP contribution in [0.15, 0.2) is 59.4 Å². The molecule has 2 N–H and O–H groups in total. The molecule has 3 aromatic rings. The average molecular weight is 313 g/mol. The number of benzene rings is 2. The molecule has 0 atom stereocenters. The maximum absolute atomic E-state index is 13.2. The molecule has 1 aromatic heterocycles. The predicted octanol–water partition coefficient (Wildman–Crippen LogP) is 3.33. The lowest BCUT2D eigenvalue weighted by Gasteiger charge is -2.08. The van der Waals surface area contributed by atoms with Gasteiger partial charge in [-0.15, -0.1) is 0 Å². The number of aromatic amines is 1. The van der Waals surface area contributed by atoms with E-state index < -0.39 is 11.6 Å². The summed E-state index contributed by atoms with van der Waals surface area (Å²) in [5.74, 6) is -1.07. The number of aromatic nitrogens is 2. The number of halogens is 2. The Morgan fingerprint density at radius 3 is 2.39 bits per heavy atom. The van der Waals surface area contributed by atoms with Crippen LogP contribution in [0, 0.1) is 11.6 Å². The molecule has 0 aliphatic carbocycles. The molecule has 2 aromatic carbocycles. The zero-order chi connectivity index (χ0) is 16.2. The Bertz CT molecular complexity index is 858. The summed E-state index contributed by atoms with van der Waals surface area (Å²) in [5.41, 5.74) is 1.42. The Labute approximate surface area is 130 Å². The van der Waals surface area contributed by atoms with Crippen molar-refractivity contribution >= 4 is 5.95 Å². The molecule has 6 heteroatoms. The average Bonchev–Trinajstić information content (AvgIpc) is 2.52. The highest BCUT2D eigenvalue weighted by molar-refractivity contribution is 5.59. The van der Waals surface area contributed by atoms with Crippen molar-refractivity contribution in [2.75, 3.05) is 5.32 Å². The Kier molecular flexibility index (Phi) is 4.14. The highest BCUT2D eigenvalue weighted by Crippen LogP contribution is 2.16. The largest absolute Gasteiger partial charge is 0.352 e. The smallest absolute Gasteiger partial charge is 0.252 e. The number of rotatable bonds is 4. The number of hydrogen-bond donors (Lipinski definition) is 2. The molecule has 0 fully saturated rings. The summed E-state index contributed by atoms with van der Waals surface area (Å²) in [5, 5.41) is 2.87. The van der Waals surface area contributed by atoms with E-state index in [1.165, 1.54) is 18.2 Å². The third kappa shape index (κ3) is 3.79. The Hall–Kier alpha value is -3.02. The van der Waals surface area contributed by atoms with Gasteiger partial charge >= 0.3 is 0 Å². The van der Waals surface area contributed by atoms with Crippen LogP contribution >= 0.6 is 0 Å². The highest BCUT2D eigenvalue weighted by atomic mass is 19.1. The molecule has 0 saturated heterocycles. The summed E-state index contributed by atoms with van der Waals surface area (Å²) >= 11 is 0. The zero-order valence-corrected chi connectivity index (χ0v) is 12.0. The second-order valence-electron chi connectivity index (χ2n) is 4.98. The molecule has 0 amide bonds. The van der Waals surface area contributed by atoms with Crippen LogP contribution < -0.4 is 10.9 Å². The fourth-order valence-corrected chi connectivity index (χ4v) is 2.20. The Balaban J connectivity index is 1.83. The molecule has 116 valence electrons. The Morgan fingerprint density at radius 2 is 1.70 bits per heavy atom. The molecule has 1 heterocycles. The van der Waals surface area contributed by atoms with Gasteiger partial charge in [-0.05, 0) is 17.7 Å². The fourth-order valence-electron chi connectivity index (χ4n) is 2.20. The second-order valence-corrected chi connectivity index (χ2v) is 4.98. The van der Waals surface area contributed by atoms with Crippen molar-refractivity contribution in [3.8, 4) is 11.3 Å². The first-order chi connectivity index (χ1) is 11.1. The van der Waals surface area contributed by atoms with E-state index in [0.29, 0.717) is 11.3 Å². The van der Waals surface area contributed by atoms with Gasteiger partial charge in [-0.1, -0.05) is 30.3 Å². The summed E-state index contributed by atoms with van der Waals surface area (Å²) in [6, 6.07) is 13.9. The fraction of sp³-hybridized carbons (Fsp3) is 0.0588. The van der Waals surface area contributed by atoms with E-state index in [9.17, 15) is 13.6 Å². The van der Waals surface area contributed by atoms with Gasteiger partial charge in [0.25, 0.3) is 5.56 Å². The van der Waals surface area contributed by atoms with Crippen LogP contribution in [0.25, 0.3) is 11.3 Å². The quantitative estimate of drug-likeness (QED) is 0.777. The van der Waals surface area contributed by atoms with E-state index in [4.69, 9.17) is 0 Å². The maximum atomic E-state index is 13.2. The molecule has 0 spiro atoms. The minimum atomic E-state index is -0.652. The summed E-state index contributed by atoms with van der Waals surface area (Å²) in [6.45, 7) is 0.135. The van der Waals surface area contributed by atoms with Crippen molar-refractivity contribution < 1.29 is 8.78 Å². The first-order valence-electron chi connectivity index (χ1n) is 6.96. The molecule has 0 radical (unpaired) electrons. The van der Waals surface area contributed by atoms with Crippen molar-refractivity contribution in [1.29, 1.82) is 0 Å². The first kappa shape index (κ1) is 14.9. The SMILES string of the molecule is O=c1cc(-c2ccccc2)nc(NCc2cc(F)cc(F)c2)[nH]1. The highest BCUT2D eigenvalue weighted by Gasteiger charge is 2.05. The molecule has 23 heavy (non-hydrogen) atoms. The van der Waals surface area contributed by atoms with Gasteiger partial charge in [0.1, 0.15) is 11.6 Å². The van der Waals surface area contributed by atoms with Gasteiger partial charge in [-0.25, -0.2) is 13.8 Å². The summed E-state index contributed by atoms with van der Waals surface area (Å²) in [4.78, 5) is 18.6. The third-order valence-corrected chi connectivity index (χ3v) is 3.19. The predicted molar refractivity (Wildman–Crippen MR) is 84.0 cm³/mol. The van der Waals surface area contributed by atoms with Crippen molar-refractivity contribution in [2.45, 2.75) is 6.54 Å². The van der Waals surface area contributed by atoms with Gasteiger partial charge in [-0.2, -0.15) is 0 Å². The minimum Gasteiger partial charge on any atom is -0.352 e. The summed E-state index contributed by atoms with van der Waals surface area (Å²) in [7, 11) is 0. The van der Waals surface area contributed by atoms with E-state index in [0.717, 1.165) is 11.6 Å². The molecule has 0 aliphatic rings. The molecule has 0 bridgehead atoms. The zero-order valence-electron chi connectivity index (χ0n) is 12.0. The molecule has 0 saturated carbocycles. The van der Waals surface area contributed by atoms with Crippen LogP contribution in [0.3, 0.4) is 0 Å². The van der Waals surface area contributed by atoms with E-state index in [2.05, 4.69) is 15.3 Å². The standard InChI is InChI=1S/C17H13F2N3O/c18-13-6-11(7-14(19)8-13)10-20-17-21-15(9-16(23)22-17)12-4-2-1-3-5-12/h1-9H,10H2,(H2,20,21,22,23). The maximum Gasteiger partial charge on any atom is 0.252 e. The van der Waals surface area contributed by atoms with Crippen molar-refractivity contribution in [3.05, 3.63) is 82.1 Å². The lowest BCUT2D eigenvalue weighted by atomic mass is 10.1. The number of hydrogen-bond acceptors (Lipinski definition) is 3. The third-order valence-electron chi connectivity index (χ3n) is 3.19. The summed E-state index contributed by atoms with van der Waals surface area (Å²) in [6.07, 6.45) is 0. The number of nitrogens with one attached hydrogen (secondary N) is 2. The molecule has 0 aliphatic heterocycles. The van der Waals surface area contributed by atoms with Crippen molar-refractivity contribution in [3.63, 3.8) is 0 Å². The minimum absolute atomic E-state index is 0.135. The van der Waals surface area contributed by atoms with Crippen LogP contribution in [0.1, 0.15) is 5.56 Å². The number of anilines is 1.